The van der Waals surface area contributed by atoms with Crippen molar-refractivity contribution in [2.45, 2.75) is 18.3 Å². The lowest BCUT2D eigenvalue weighted by Crippen LogP contribution is -2.33. The molecule has 8 rings (SSSR count). The predicted molar refractivity (Wildman–Crippen MR) is 169 cm³/mol. The molecule has 0 aliphatic carbocycles. The van der Waals surface area contributed by atoms with Crippen LogP contribution in [0.25, 0.3) is 76.1 Å². The zero-order valence-corrected chi connectivity index (χ0v) is 23.9. The number of benzene rings is 7. The molecular weight excluding hydrogens is 622 g/mol. The van der Waals surface area contributed by atoms with Crippen molar-refractivity contribution in [3.63, 3.8) is 0 Å². The number of nitrogens with zero attached hydrogens (tertiary/aromatic N) is 1. The molecule has 0 N–H and O–H groups in total. The standard InChI is InChI=1S/C38H19F8N/c39-36(40,38(44,45)46)30-17-12-21-9-14-27-28(15-10-20-11-16-29(30)34(21)33(20)27)35-25-7-3-1-5-23(25)32(24-6-2-4-8-26(24)35)22-13-18-31(47-19-22)37(41,42)43/h1-19H. The van der Waals surface area contributed by atoms with E-state index >= 15 is 0 Å². The van der Waals surface area contributed by atoms with E-state index in [0.717, 1.165) is 44.8 Å². The van der Waals surface area contributed by atoms with Crippen LogP contribution in [-0.2, 0) is 12.1 Å². The first-order chi connectivity index (χ1) is 22.4. The van der Waals surface area contributed by atoms with Gasteiger partial charge in [0.25, 0.3) is 0 Å². The van der Waals surface area contributed by atoms with Crippen LogP contribution in [0, 0.1) is 0 Å². The second-order valence-electron chi connectivity index (χ2n) is 11.5. The van der Waals surface area contributed by atoms with Gasteiger partial charge in [0.15, 0.2) is 0 Å². The van der Waals surface area contributed by atoms with Crippen molar-refractivity contribution in [3.05, 3.63) is 127 Å². The predicted octanol–water partition coefficient (Wildman–Crippen LogP) is 12.3. The summed E-state index contributed by atoms with van der Waals surface area (Å²) < 4.78 is 110. The average Bonchev–Trinajstić information content (AvgIpc) is 3.05. The number of pyridine rings is 1. The topological polar surface area (TPSA) is 12.9 Å². The molecule has 0 unspecified atom stereocenters. The van der Waals surface area contributed by atoms with Crippen LogP contribution in [0.4, 0.5) is 35.1 Å². The molecule has 0 saturated carbocycles. The number of alkyl halides is 8. The molecule has 1 aromatic heterocycles. The molecular formula is C38H19F8N. The normalized spacial score (nSPS) is 13.1. The minimum absolute atomic E-state index is 0.181. The average molecular weight is 642 g/mol. The maximum Gasteiger partial charge on any atom is 0.458 e. The van der Waals surface area contributed by atoms with E-state index in [1.165, 1.54) is 24.4 Å². The highest BCUT2D eigenvalue weighted by Gasteiger charge is 2.59. The molecule has 232 valence electrons. The second kappa shape index (κ2) is 9.84. The van der Waals surface area contributed by atoms with E-state index in [2.05, 4.69) is 4.98 Å². The Bertz CT molecular complexity index is 2450. The van der Waals surface area contributed by atoms with Gasteiger partial charge in [-0.3, -0.25) is 4.98 Å². The highest BCUT2D eigenvalue weighted by Crippen LogP contribution is 2.50. The number of fused-ring (bicyclic) bond motifs is 2. The van der Waals surface area contributed by atoms with Crippen LogP contribution in [0.2, 0.25) is 0 Å². The molecule has 9 heteroatoms. The van der Waals surface area contributed by atoms with Gasteiger partial charge in [-0.1, -0.05) is 103 Å². The van der Waals surface area contributed by atoms with Gasteiger partial charge >= 0.3 is 18.3 Å². The van der Waals surface area contributed by atoms with Gasteiger partial charge in [-0.15, -0.1) is 0 Å². The molecule has 0 atom stereocenters. The molecule has 0 amide bonds. The van der Waals surface area contributed by atoms with Crippen LogP contribution >= 0.6 is 0 Å². The fraction of sp³-hybridized carbons (Fsp3) is 0.0789. The van der Waals surface area contributed by atoms with Crippen LogP contribution in [0.5, 0.6) is 0 Å². The monoisotopic (exact) mass is 641 g/mol. The van der Waals surface area contributed by atoms with E-state index in [1.54, 1.807) is 12.1 Å². The molecule has 0 bridgehead atoms. The lowest BCUT2D eigenvalue weighted by Gasteiger charge is -2.23. The van der Waals surface area contributed by atoms with Gasteiger partial charge in [-0.05, 0) is 76.6 Å². The summed E-state index contributed by atoms with van der Waals surface area (Å²) >= 11 is 0. The number of hydrogen-bond acceptors (Lipinski definition) is 1. The van der Waals surface area contributed by atoms with Crippen LogP contribution < -0.4 is 0 Å². The molecule has 0 saturated heterocycles. The van der Waals surface area contributed by atoms with E-state index < -0.39 is 29.5 Å². The maximum atomic E-state index is 14.8. The lowest BCUT2D eigenvalue weighted by atomic mass is 9.83. The van der Waals surface area contributed by atoms with Crippen molar-refractivity contribution in [2.75, 3.05) is 0 Å². The van der Waals surface area contributed by atoms with Crippen molar-refractivity contribution >= 4 is 53.9 Å². The lowest BCUT2D eigenvalue weighted by molar-refractivity contribution is -0.288. The fourth-order valence-corrected chi connectivity index (χ4v) is 6.88. The summed E-state index contributed by atoms with van der Waals surface area (Å²) in [5.74, 6) is -5.06. The zero-order valence-electron chi connectivity index (χ0n) is 23.9. The highest BCUT2D eigenvalue weighted by molar-refractivity contribution is 6.29. The van der Waals surface area contributed by atoms with E-state index in [-0.39, 0.29) is 5.39 Å². The molecule has 1 heterocycles. The Morgan fingerprint density at radius 3 is 1.49 bits per heavy atom. The summed E-state index contributed by atoms with van der Waals surface area (Å²) in [6.07, 6.45) is -9.16. The van der Waals surface area contributed by atoms with Crippen LogP contribution in [-0.4, -0.2) is 11.2 Å². The van der Waals surface area contributed by atoms with Gasteiger partial charge in [0.1, 0.15) is 5.69 Å². The Labute approximate surface area is 261 Å². The minimum atomic E-state index is -5.77. The van der Waals surface area contributed by atoms with E-state index in [9.17, 15) is 35.1 Å². The number of halogens is 8. The molecule has 7 aromatic carbocycles. The summed E-state index contributed by atoms with van der Waals surface area (Å²) in [6, 6.07) is 29.5. The van der Waals surface area contributed by atoms with Gasteiger partial charge in [-0.25, -0.2) is 0 Å². The van der Waals surface area contributed by atoms with E-state index in [0.29, 0.717) is 38.1 Å². The molecule has 0 aliphatic rings. The van der Waals surface area contributed by atoms with Crippen molar-refractivity contribution in [1.82, 2.24) is 4.98 Å². The summed E-state index contributed by atoms with van der Waals surface area (Å²) in [4.78, 5) is 3.70. The Hall–Kier alpha value is -5.31. The summed E-state index contributed by atoms with van der Waals surface area (Å²) in [7, 11) is 0. The molecule has 0 fully saturated rings. The van der Waals surface area contributed by atoms with Gasteiger partial charge in [0.05, 0.1) is 0 Å². The molecule has 1 nitrogen and oxygen atoms in total. The van der Waals surface area contributed by atoms with Crippen molar-refractivity contribution < 1.29 is 35.1 Å². The highest BCUT2D eigenvalue weighted by atomic mass is 19.4. The number of aromatic nitrogens is 1. The Balaban J connectivity index is 1.46. The second-order valence-corrected chi connectivity index (χ2v) is 11.5. The quantitative estimate of drug-likeness (QED) is 0.106. The van der Waals surface area contributed by atoms with Crippen molar-refractivity contribution in [1.29, 1.82) is 0 Å². The maximum absolute atomic E-state index is 14.8. The first-order valence-corrected chi connectivity index (χ1v) is 14.5. The van der Waals surface area contributed by atoms with Gasteiger partial charge in [0, 0.05) is 17.3 Å². The smallest absolute Gasteiger partial charge is 0.251 e. The van der Waals surface area contributed by atoms with Crippen molar-refractivity contribution in [3.8, 4) is 22.3 Å². The number of rotatable bonds is 3. The van der Waals surface area contributed by atoms with Gasteiger partial charge in [0.2, 0.25) is 0 Å². The summed E-state index contributed by atoms with van der Waals surface area (Å²) in [6.45, 7) is 0. The number of hydrogen-bond donors (Lipinski definition) is 0. The molecule has 0 spiro atoms. The first-order valence-electron chi connectivity index (χ1n) is 14.5. The third-order valence-electron chi connectivity index (χ3n) is 8.90. The van der Waals surface area contributed by atoms with Crippen LogP contribution in [0.3, 0.4) is 0 Å². The van der Waals surface area contributed by atoms with Crippen molar-refractivity contribution in [2.24, 2.45) is 0 Å². The van der Waals surface area contributed by atoms with Gasteiger partial charge < -0.3 is 0 Å². The largest absolute Gasteiger partial charge is 0.458 e. The molecule has 8 aromatic rings. The zero-order chi connectivity index (χ0) is 32.9. The van der Waals surface area contributed by atoms with E-state index in [4.69, 9.17) is 0 Å². The summed E-state index contributed by atoms with van der Waals surface area (Å²) in [5, 5.41) is 5.60. The minimum Gasteiger partial charge on any atom is -0.251 e. The molecule has 0 aliphatic heterocycles. The summed E-state index contributed by atoms with van der Waals surface area (Å²) in [5.41, 5.74) is 0.588. The SMILES string of the molecule is FC(F)(F)c1ccc(-c2c3ccccc3c(-c3ccc4ccc5c(C(F)(F)C(F)(F)F)ccc6ccc3c4c65)c3ccccc23)cn1. The molecule has 47 heavy (non-hydrogen) atoms. The molecule has 0 radical (unpaired) electrons. The Kier molecular flexibility index (Phi) is 6.10. The Morgan fingerprint density at radius 2 is 0.957 bits per heavy atom. The van der Waals surface area contributed by atoms with Crippen LogP contribution in [0.15, 0.2) is 115 Å². The third-order valence-corrected chi connectivity index (χ3v) is 8.90. The van der Waals surface area contributed by atoms with Gasteiger partial charge in [-0.2, -0.15) is 35.1 Å². The fourth-order valence-electron chi connectivity index (χ4n) is 6.88. The van der Waals surface area contributed by atoms with Crippen LogP contribution in [0.1, 0.15) is 11.3 Å². The third kappa shape index (κ3) is 4.25. The van der Waals surface area contributed by atoms with E-state index in [1.807, 2.05) is 66.7 Å². The Morgan fingerprint density at radius 1 is 0.447 bits per heavy atom. The first kappa shape index (κ1) is 29.1.